The van der Waals surface area contributed by atoms with Gasteiger partial charge in [0.25, 0.3) is 0 Å². The van der Waals surface area contributed by atoms with E-state index in [1.165, 1.54) is 141 Å². The van der Waals surface area contributed by atoms with E-state index in [9.17, 15) is 43.2 Å². The third-order valence-corrected chi connectivity index (χ3v) is 17.8. The van der Waals surface area contributed by atoms with Crippen molar-refractivity contribution in [2.45, 2.75) is 362 Å². The molecule has 0 saturated heterocycles. The Morgan fingerprint density at radius 2 is 0.523 bits per heavy atom. The van der Waals surface area contributed by atoms with Crippen LogP contribution in [0.3, 0.4) is 0 Å². The summed E-state index contributed by atoms with van der Waals surface area (Å²) >= 11 is 0. The molecule has 3 N–H and O–H groups in total. The van der Waals surface area contributed by atoms with E-state index in [2.05, 4.69) is 48.5 Å². The molecule has 0 aliphatic heterocycles. The Morgan fingerprint density at radius 3 is 0.773 bits per heavy atom. The Kier molecular flexibility index (Phi) is 58.7. The second kappa shape index (κ2) is 60.0. The molecule has 0 amide bonds. The van der Waals surface area contributed by atoms with Crippen LogP contribution in [0.5, 0.6) is 0 Å². The molecule has 0 bridgehead atoms. The zero-order chi connectivity index (χ0) is 65.2. The first-order chi connectivity index (χ1) is 42.2. The molecule has 0 aliphatic rings. The Balaban J connectivity index is 5.19. The summed E-state index contributed by atoms with van der Waals surface area (Å²) in [7, 11) is -9.89. The molecule has 0 saturated carbocycles. The van der Waals surface area contributed by atoms with Crippen LogP contribution < -0.4 is 0 Å². The van der Waals surface area contributed by atoms with Crippen molar-refractivity contribution in [1.82, 2.24) is 0 Å². The van der Waals surface area contributed by atoms with E-state index in [-0.39, 0.29) is 25.7 Å². The normalized spacial score (nSPS) is 14.2. The van der Waals surface area contributed by atoms with Gasteiger partial charge >= 0.3 is 39.5 Å². The van der Waals surface area contributed by atoms with Gasteiger partial charge in [0.05, 0.1) is 26.4 Å². The van der Waals surface area contributed by atoms with Crippen LogP contribution in [0.15, 0.2) is 0 Å². The molecule has 0 rings (SSSR count). The highest BCUT2D eigenvalue weighted by atomic mass is 31.2. The van der Waals surface area contributed by atoms with Gasteiger partial charge in [-0.2, -0.15) is 0 Å². The van der Waals surface area contributed by atoms with Gasteiger partial charge in [-0.25, -0.2) is 9.13 Å². The number of carbonyl (C=O) groups is 4. The van der Waals surface area contributed by atoms with Crippen LogP contribution in [0.4, 0.5) is 0 Å². The van der Waals surface area contributed by atoms with E-state index in [1.54, 1.807) is 0 Å². The maximum absolute atomic E-state index is 13.0. The van der Waals surface area contributed by atoms with E-state index in [0.29, 0.717) is 31.6 Å². The lowest BCUT2D eigenvalue weighted by Gasteiger charge is -2.21. The molecule has 0 aromatic rings. The molecular weight excluding hydrogens is 1160 g/mol. The number of carbonyl (C=O) groups excluding carboxylic acids is 4. The van der Waals surface area contributed by atoms with Crippen molar-refractivity contribution >= 4 is 39.5 Å². The van der Waals surface area contributed by atoms with E-state index in [1.807, 2.05) is 0 Å². The van der Waals surface area contributed by atoms with Crippen molar-refractivity contribution < 1.29 is 80.2 Å². The second-order valence-electron chi connectivity index (χ2n) is 26.3. The SMILES string of the molecule is CCCCCCCCCC(=O)OC[C@H](COP(=O)(O)OC[C@H](O)COP(=O)(O)OC[C@@H](COC(=O)CCCCCCCCCCCCCCC(C)C)OC(=O)CCCCCCCCCCCCCCCCC(C)C)OC(=O)CCCCCCCCC(C)C. The van der Waals surface area contributed by atoms with Crippen molar-refractivity contribution in [1.29, 1.82) is 0 Å². The topological polar surface area (TPSA) is 237 Å². The number of phosphoric acid groups is 2. The fourth-order valence-corrected chi connectivity index (χ4v) is 11.9. The maximum Gasteiger partial charge on any atom is 0.472 e. The molecule has 0 aromatic carbocycles. The predicted octanol–water partition coefficient (Wildman–Crippen LogP) is 19.5. The first kappa shape index (κ1) is 86.1. The van der Waals surface area contributed by atoms with Crippen molar-refractivity contribution in [3.63, 3.8) is 0 Å². The van der Waals surface area contributed by atoms with Crippen LogP contribution in [-0.2, 0) is 65.4 Å². The summed E-state index contributed by atoms with van der Waals surface area (Å²) in [5, 5.41) is 10.6. The van der Waals surface area contributed by atoms with Gasteiger partial charge in [0.2, 0.25) is 0 Å². The molecule has 88 heavy (non-hydrogen) atoms. The molecule has 0 heterocycles. The second-order valence-corrected chi connectivity index (χ2v) is 29.3. The number of unbranched alkanes of at least 4 members (excludes halogenated alkanes) is 35. The first-order valence-electron chi connectivity index (χ1n) is 35.8. The Morgan fingerprint density at radius 1 is 0.307 bits per heavy atom. The molecule has 0 aliphatic carbocycles. The first-order valence-corrected chi connectivity index (χ1v) is 38.8. The zero-order valence-electron chi connectivity index (χ0n) is 57.2. The average Bonchev–Trinajstić information content (AvgIpc) is 3.70. The lowest BCUT2D eigenvalue weighted by atomic mass is 10.0. The van der Waals surface area contributed by atoms with Crippen LogP contribution in [0.2, 0.25) is 0 Å². The van der Waals surface area contributed by atoms with Gasteiger partial charge in [-0.05, 0) is 43.4 Å². The van der Waals surface area contributed by atoms with E-state index in [4.69, 9.17) is 37.0 Å². The van der Waals surface area contributed by atoms with Crippen LogP contribution in [0.1, 0.15) is 344 Å². The minimum Gasteiger partial charge on any atom is -0.462 e. The highest BCUT2D eigenvalue weighted by Crippen LogP contribution is 2.45. The standard InChI is InChI=1S/C69H134O17P2/c1-8-9-10-11-26-36-43-50-66(71)79-56-65(86-69(74)53-46-39-32-31-35-42-49-62(6)7)59-84-88(77,78)82-55-63(70)54-81-87(75,76)83-58-64(57-80-67(72)51-44-37-29-24-20-17-16-19-23-28-34-41-48-61(4)5)85-68(73)52-45-38-30-25-21-15-13-12-14-18-22-27-33-40-47-60(2)3/h60-65,70H,8-59H2,1-7H3,(H,75,76)(H,77,78)/t63-,64-,65-/m1/s1. The van der Waals surface area contributed by atoms with Crippen LogP contribution in [0.25, 0.3) is 0 Å². The summed E-state index contributed by atoms with van der Waals surface area (Å²) in [4.78, 5) is 72.3. The van der Waals surface area contributed by atoms with Crippen LogP contribution >= 0.6 is 15.6 Å². The molecule has 0 aromatic heterocycles. The third-order valence-electron chi connectivity index (χ3n) is 15.9. The average molecular weight is 1300 g/mol. The minimum atomic E-state index is -4.95. The summed E-state index contributed by atoms with van der Waals surface area (Å²) in [5.74, 6) is 0.111. The number of rotatable bonds is 67. The van der Waals surface area contributed by atoms with Gasteiger partial charge in [-0.3, -0.25) is 37.3 Å². The molecular formula is C69H134O17P2. The number of phosphoric ester groups is 2. The van der Waals surface area contributed by atoms with Crippen molar-refractivity contribution in [3.8, 4) is 0 Å². The smallest absolute Gasteiger partial charge is 0.462 e. The maximum atomic E-state index is 13.0. The summed E-state index contributed by atoms with van der Waals surface area (Å²) in [6.07, 6.45) is 43.4. The van der Waals surface area contributed by atoms with E-state index in [0.717, 1.165) is 115 Å². The number of hydrogen-bond donors (Lipinski definition) is 3. The number of hydrogen-bond acceptors (Lipinski definition) is 15. The lowest BCUT2D eigenvalue weighted by molar-refractivity contribution is -0.161. The predicted molar refractivity (Wildman–Crippen MR) is 354 cm³/mol. The van der Waals surface area contributed by atoms with E-state index < -0.39 is 97.5 Å². The minimum absolute atomic E-state index is 0.102. The van der Waals surface area contributed by atoms with Gasteiger partial charge < -0.3 is 33.8 Å². The van der Waals surface area contributed by atoms with Crippen molar-refractivity contribution in [2.24, 2.45) is 17.8 Å². The van der Waals surface area contributed by atoms with E-state index >= 15 is 0 Å². The van der Waals surface area contributed by atoms with Crippen LogP contribution in [0, 0.1) is 17.8 Å². The Hall–Kier alpha value is -1.94. The summed E-state index contributed by atoms with van der Waals surface area (Å²) in [6.45, 7) is 11.7. The van der Waals surface area contributed by atoms with Gasteiger partial charge in [0, 0.05) is 25.7 Å². The fraction of sp³-hybridized carbons (Fsp3) is 0.942. The summed E-state index contributed by atoms with van der Waals surface area (Å²) < 4.78 is 68.1. The quantitative estimate of drug-likeness (QED) is 0.0222. The molecule has 5 atom stereocenters. The number of aliphatic hydroxyl groups is 1. The zero-order valence-corrected chi connectivity index (χ0v) is 59.0. The molecule has 17 nitrogen and oxygen atoms in total. The third kappa shape index (κ3) is 62.8. The van der Waals surface area contributed by atoms with Gasteiger partial charge in [0.15, 0.2) is 12.2 Å². The van der Waals surface area contributed by atoms with Gasteiger partial charge in [0.1, 0.15) is 19.3 Å². The highest BCUT2D eigenvalue weighted by Gasteiger charge is 2.30. The van der Waals surface area contributed by atoms with Crippen molar-refractivity contribution in [2.75, 3.05) is 39.6 Å². The molecule has 2 unspecified atom stereocenters. The fourth-order valence-electron chi connectivity index (χ4n) is 10.4. The molecule has 0 radical (unpaired) electrons. The lowest BCUT2D eigenvalue weighted by Crippen LogP contribution is -2.30. The molecule has 522 valence electrons. The monoisotopic (exact) mass is 1300 g/mol. The van der Waals surface area contributed by atoms with Crippen molar-refractivity contribution in [3.05, 3.63) is 0 Å². The summed E-state index contributed by atoms with van der Waals surface area (Å²) in [6, 6.07) is 0. The number of ether oxygens (including phenoxy) is 4. The Bertz CT molecular complexity index is 1730. The number of esters is 4. The molecule has 0 fully saturated rings. The summed E-state index contributed by atoms with van der Waals surface area (Å²) in [5.41, 5.74) is 0. The molecule has 19 heteroatoms. The molecule has 0 spiro atoms. The number of aliphatic hydroxyl groups excluding tert-OH is 1. The highest BCUT2D eigenvalue weighted by molar-refractivity contribution is 7.47. The van der Waals surface area contributed by atoms with Crippen LogP contribution in [-0.4, -0.2) is 96.7 Å². The Labute approximate surface area is 537 Å². The van der Waals surface area contributed by atoms with Gasteiger partial charge in [-0.15, -0.1) is 0 Å². The van der Waals surface area contributed by atoms with Gasteiger partial charge in [-0.1, -0.05) is 292 Å². The largest absolute Gasteiger partial charge is 0.472 e.